The third-order valence-corrected chi connectivity index (χ3v) is 3.83. The van der Waals surface area contributed by atoms with Gasteiger partial charge in [0.15, 0.2) is 5.82 Å². The molecule has 0 saturated heterocycles. The third kappa shape index (κ3) is 2.28. The number of benzene rings is 1. The Hall–Kier alpha value is -2.04. The Morgan fingerprint density at radius 3 is 2.74 bits per heavy atom. The van der Waals surface area contributed by atoms with Gasteiger partial charge in [-0.3, -0.25) is 0 Å². The molecule has 3 rings (SSSR count). The highest BCUT2D eigenvalue weighted by Crippen LogP contribution is 2.33. The summed E-state index contributed by atoms with van der Waals surface area (Å²) in [5.74, 6) is 0.901. The molecule has 0 unspecified atom stereocenters. The Morgan fingerprint density at radius 2 is 2.00 bits per heavy atom. The van der Waals surface area contributed by atoms with E-state index >= 15 is 0 Å². The molecule has 5 nitrogen and oxygen atoms in total. The summed E-state index contributed by atoms with van der Waals surface area (Å²) in [5, 5.41) is 17.9. The molecule has 0 spiro atoms. The zero-order valence-corrected chi connectivity index (χ0v) is 10.8. The SMILES string of the molecule is Nc1ccc(-c2nncn2C2CCCCC2)cc1O. The summed E-state index contributed by atoms with van der Waals surface area (Å²) in [6, 6.07) is 5.69. The maximum Gasteiger partial charge on any atom is 0.164 e. The lowest BCUT2D eigenvalue weighted by molar-refractivity contribution is 0.355. The summed E-state index contributed by atoms with van der Waals surface area (Å²) in [5.41, 5.74) is 6.87. The van der Waals surface area contributed by atoms with Crippen LogP contribution in [0.25, 0.3) is 11.4 Å². The van der Waals surface area contributed by atoms with Crippen LogP contribution in [0.3, 0.4) is 0 Å². The molecular weight excluding hydrogens is 240 g/mol. The third-order valence-electron chi connectivity index (χ3n) is 3.83. The molecule has 1 aliphatic carbocycles. The molecule has 3 N–H and O–H groups in total. The van der Waals surface area contributed by atoms with E-state index in [4.69, 9.17) is 5.73 Å². The van der Waals surface area contributed by atoms with Gasteiger partial charge in [-0.05, 0) is 31.0 Å². The molecule has 1 aliphatic rings. The van der Waals surface area contributed by atoms with Gasteiger partial charge in [0.1, 0.15) is 12.1 Å². The van der Waals surface area contributed by atoms with Gasteiger partial charge in [-0.15, -0.1) is 10.2 Å². The van der Waals surface area contributed by atoms with Crippen LogP contribution in [0.2, 0.25) is 0 Å². The lowest BCUT2D eigenvalue weighted by Gasteiger charge is -2.24. The van der Waals surface area contributed by atoms with Gasteiger partial charge < -0.3 is 15.4 Å². The quantitative estimate of drug-likeness (QED) is 0.641. The van der Waals surface area contributed by atoms with E-state index in [2.05, 4.69) is 14.8 Å². The standard InChI is InChI=1S/C14H18N4O/c15-12-7-6-10(8-13(12)19)14-17-16-9-18(14)11-4-2-1-3-5-11/h6-9,11,19H,1-5,15H2. The lowest BCUT2D eigenvalue weighted by atomic mass is 9.95. The van der Waals surface area contributed by atoms with Crippen LogP contribution in [-0.2, 0) is 0 Å². The second-order valence-corrected chi connectivity index (χ2v) is 5.13. The van der Waals surface area contributed by atoms with Crippen LogP contribution in [0, 0.1) is 0 Å². The fourth-order valence-electron chi connectivity index (χ4n) is 2.76. The van der Waals surface area contributed by atoms with Gasteiger partial charge in [0, 0.05) is 11.6 Å². The van der Waals surface area contributed by atoms with Crippen LogP contribution in [0.15, 0.2) is 24.5 Å². The molecule has 1 saturated carbocycles. The summed E-state index contributed by atoms with van der Waals surface area (Å²) < 4.78 is 2.13. The van der Waals surface area contributed by atoms with Crippen LogP contribution >= 0.6 is 0 Å². The van der Waals surface area contributed by atoms with Crippen molar-refractivity contribution in [2.24, 2.45) is 0 Å². The molecule has 0 radical (unpaired) electrons. The summed E-state index contributed by atoms with van der Waals surface area (Å²) in [6.07, 6.45) is 7.97. The monoisotopic (exact) mass is 258 g/mol. The van der Waals surface area contributed by atoms with E-state index in [9.17, 15) is 5.11 Å². The van der Waals surface area contributed by atoms with Gasteiger partial charge in [0.25, 0.3) is 0 Å². The van der Waals surface area contributed by atoms with Crippen LogP contribution in [0.5, 0.6) is 5.75 Å². The summed E-state index contributed by atoms with van der Waals surface area (Å²) >= 11 is 0. The molecule has 2 aromatic rings. The van der Waals surface area contributed by atoms with Crippen molar-refractivity contribution in [2.45, 2.75) is 38.1 Å². The molecular formula is C14H18N4O. The van der Waals surface area contributed by atoms with Crippen molar-refractivity contribution in [3.05, 3.63) is 24.5 Å². The maximum atomic E-state index is 9.72. The van der Waals surface area contributed by atoms with Crippen molar-refractivity contribution in [2.75, 3.05) is 5.73 Å². The molecule has 1 fully saturated rings. The Kier molecular flexibility index (Phi) is 3.11. The molecule has 0 bridgehead atoms. The number of hydrogen-bond donors (Lipinski definition) is 2. The van der Waals surface area contributed by atoms with Crippen molar-refractivity contribution in [3.63, 3.8) is 0 Å². The van der Waals surface area contributed by atoms with Gasteiger partial charge in [0.05, 0.1) is 5.69 Å². The van der Waals surface area contributed by atoms with E-state index in [1.807, 2.05) is 6.07 Å². The number of phenols is 1. The largest absolute Gasteiger partial charge is 0.506 e. The van der Waals surface area contributed by atoms with E-state index < -0.39 is 0 Å². The molecule has 1 aromatic carbocycles. The van der Waals surface area contributed by atoms with Gasteiger partial charge in [-0.2, -0.15) is 0 Å². The fourth-order valence-corrected chi connectivity index (χ4v) is 2.76. The first-order chi connectivity index (χ1) is 9.25. The van der Waals surface area contributed by atoms with Crippen LogP contribution in [-0.4, -0.2) is 19.9 Å². The number of phenolic OH excluding ortho intramolecular Hbond substituents is 1. The summed E-state index contributed by atoms with van der Waals surface area (Å²) in [4.78, 5) is 0. The lowest BCUT2D eigenvalue weighted by Crippen LogP contribution is -2.13. The maximum absolute atomic E-state index is 9.72. The average molecular weight is 258 g/mol. The predicted octanol–water partition coefficient (Wildman–Crippen LogP) is 2.74. The second-order valence-electron chi connectivity index (χ2n) is 5.13. The number of anilines is 1. The van der Waals surface area contributed by atoms with Crippen molar-refractivity contribution >= 4 is 5.69 Å². The van der Waals surface area contributed by atoms with Crippen molar-refractivity contribution in [3.8, 4) is 17.1 Å². The number of rotatable bonds is 2. The van der Waals surface area contributed by atoms with Crippen molar-refractivity contribution in [1.82, 2.24) is 14.8 Å². The summed E-state index contributed by atoms with van der Waals surface area (Å²) in [6.45, 7) is 0. The molecule has 0 aliphatic heterocycles. The number of aromatic nitrogens is 3. The highest BCUT2D eigenvalue weighted by Gasteiger charge is 2.19. The molecule has 19 heavy (non-hydrogen) atoms. The zero-order chi connectivity index (χ0) is 13.2. The molecule has 1 aromatic heterocycles. The number of nitrogens with two attached hydrogens (primary N) is 1. The predicted molar refractivity (Wildman–Crippen MR) is 73.7 cm³/mol. The smallest absolute Gasteiger partial charge is 0.164 e. The minimum absolute atomic E-state index is 0.0932. The Labute approximate surface area is 112 Å². The highest BCUT2D eigenvalue weighted by molar-refractivity contribution is 5.65. The molecule has 5 heteroatoms. The number of hydrogen-bond acceptors (Lipinski definition) is 4. The van der Waals surface area contributed by atoms with Crippen LogP contribution in [0.1, 0.15) is 38.1 Å². The first kappa shape index (κ1) is 12.0. The minimum Gasteiger partial charge on any atom is -0.506 e. The van der Waals surface area contributed by atoms with E-state index in [1.165, 1.54) is 32.1 Å². The molecule has 0 atom stereocenters. The summed E-state index contributed by atoms with van der Waals surface area (Å²) in [7, 11) is 0. The fraction of sp³-hybridized carbons (Fsp3) is 0.429. The highest BCUT2D eigenvalue weighted by atomic mass is 16.3. The molecule has 0 amide bonds. The number of nitrogens with zero attached hydrogens (tertiary/aromatic N) is 3. The van der Waals surface area contributed by atoms with Crippen LogP contribution in [0.4, 0.5) is 5.69 Å². The first-order valence-electron chi connectivity index (χ1n) is 6.74. The Morgan fingerprint density at radius 1 is 1.21 bits per heavy atom. The van der Waals surface area contributed by atoms with Crippen LogP contribution < -0.4 is 5.73 Å². The topological polar surface area (TPSA) is 77.0 Å². The van der Waals surface area contributed by atoms with E-state index in [1.54, 1.807) is 18.5 Å². The Bertz CT molecular complexity index is 573. The normalized spacial score (nSPS) is 16.6. The molecule has 1 heterocycles. The second kappa shape index (κ2) is 4.91. The van der Waals surface area contributed by atoms with Gasteiger partial charge >= 0.3 is 0 Å². The van der Waals surface area contributed by atoms with Crippen molar-refractivity contribution in [1.29, 1.82) is 0 Å². The van der Waals surface area contributed by atoms with Gasteiger partial charge in [-0.25, -0.2) is 0 Å². The Balaban J connectivity index is 1.96. The van der Waals surface area contributed by atoms with E-state index in [-0.39, 0.29) is 5.75 Å². The zero-order valence-electron chi connectivity index (χ0n) is 10.8. The molecule has 100 valence electrons. The number of aromatic hydroxyl groups is 1. The van der Waals surface area contributed by atoms with E-state index in [0.29, 0.717) is 11.7 Å². The minimum atomic E-state index is 0.0932. The average Bonchev–Trinajstić information content (AvgIpc) is 2.92. The van der Waals surface area contributed by atoms with Crippen molar-refractivity contribution < 1.29 is 5.11 Å². The number of nitrogen functional groups attached to an aromatic ring is 1. The first-order valence-corrected chi connectivity index (χ1v) is 6.74. The van der Waals surface area contributed by atoms with Gasteiger partial charge in [0.2, 0.25) is 0 Å². The van der Waals surface area contributed by atoms with Gasteiger partial charge in [-0.1, -0.05) is 19.3 Å². The van der Waals surface area contributed by atoms with E-state index in [0.717, 1.165) is 11.4 Å².